The van der Waals surface area contributed by atoms with E-state index in [1.807, 2.05) is 23.0 Å². The molecule has 3 heterocycles. The van der Waals surface area contributed by atoms with Gasteiger partial charge in [0.2, 0.25) is 0 Å². The lowest BCUT2D eigenvalue weighted by Gasteiger charge is -2.27. The van der Waals surface area contributed by atoms with Crippen LogP contribution in [0.25, 0.3) is 16.6 Å². The van der Waals surface area contributed by atoms with Gasteiger partial charge in [-0.05, 0) is 63.6 Å². The molecule has 3 N–H and O–H groups in total. The molecule has 9 nitrogen and oxygen atoms in total. The van der Waals surface area contributed by atoms with E-state index in [4.69, 9.17) is 5.10 Å². The number of carbonyl (C=O) groups is 1. The number of imidazole rings is 1. The van der Waals surface area contributed by atoms with Crippen molar-refractivity contribution in [1.29, 1.82) is 0 Å². The number of benzene rings is 1. The third kappa shape index (κ3) is 4.09. The summed E-state index contributed by atoms with van der Waals surface area (Å²) in [6.45, 7) is 3.61. The van der Waals surface area contributed by atoms with E-state index in [9.17, 15) is 15.0 Å². The van der Waals surface area contributed by atoms with Crippen molar-refractivity contribution in [3.05, 3.63) is 54.4 Å². The first-order chi connectivity index (χ1) is 15.8. The minimum absolute atomic E-state index is 0.216. The van der Waals surface area contributed by atoms with E-state index < -0.39 is 11.5 Å². The van der Waals surface area contributed by atoms with Crippen molar-refractivity contribution in [2.24, 2.45) is 5.92 Å². The van der Waals surface area contributed by atoms with Gasteiger partial charge in [0, 0.05) is 41.8 Å². The molecule has 0 bridgehead atoms. The standard InChI is InChI=1S/C24H28N6O3/c1-24(2,33)18-11-19-16(12-30(28-19)17-6-4-15(13-31)5-7-17)10-20(18)27-23(32)21-22-25-8-3-9-29(22)14-26-21/h3,8-12,14-15,17,31,33H,4-7,13H2,1-2H3,(H,27,32). The zero-order valence-electron chi connectivity index (χ0n) is 18.8. The molecule has 9 heteroatoms. The van der Waals surface area contributed by atoms with Gasteiger partial charge in [0.05, 0.1) is 17.2 Å². The molecule has 172 valence electrons. The van der Waals surface area contributed by atoms with Gasteiger partial charge in [0.1, 0.15) is 6.33 Å². The SMILES string of the molecule is CC(C)(O)c1cc2nn(C3CCC(CO)CC3)cc2cc1NC(=O)c1ncn2cccnc12. The molecule has 1 fully saturated rings. The predicted molar refractivity (Wildman–Crippen MR) is 124 cm³/mol. The van der Waals surface area contributed by atoms with Crippen molar-refractivity contribution in [2.45, 2.75) is 51.2 Å². The molecule has 0 aliphatic heterocycles. The number of amides is 1. The molecule has 33 heavy (non-hydrogen) atoms. The fourth-order valence-electron chi connectivity index (χ4n) is 4.66. The number of nitrogens with zero attached hydrogens (tertiary/aromatic N) is 5. The van der Waals surface area contributed by atoms with Crippen LogP contribution in [0.1, 0.15) is 61.6 Å². The highest BCUT2D eigenvalue weighted by molar-refractivity contribution is 6.08. The third-order valence-corrected chi connectivity index (χ3v) is 6.53. The Bertz CT molecular complexity index is 1310. The average Bonchev–Trinajstić information content (AvgIpc) is 3.42. The second-order valence-corrected chi connectivity index (χ2v) is 9.38. The van der Waals surface area contributed by atoms with E-state index >= 15 is 0 Å². The van der Waals surface area contributed by atoms with Crippen LogP contribution >= 0.6 is 0 Å². The van der Waals surface area contributed by atoms with E-state index in [-0.39, 0.29) is 18.3 Å². The van der Waals surface area contributed by atoms with Gasteiger partial charge in [-0.25, -0.2) is 9.97 Å². The molecular formula is C24H28N6O3. The number of aliphatic hydroxyl groups excluding tert-OH is 1. The van der Waals surface area contributed by atoms with Crippen LogP contribution in [0.15, 0.2) is 43.1 Å². The lowest BCUT2D eigenvalue weighted by Crippen LogP contribution is -2.21. The number of aromatic nitrogens is 5. The molecule has 0 atom stereocenters. The quantitative estimate of drug-likeness (QED) is 0.431. The Balaban J connectivity index is 1.48. The van der Waals surface area contributed by atoms with Gasteiger partial charge >= 0.3 is 0 Å². The fraction of sp³-hybridized carbons (Fsp3) is 0.417. The van der Waals surface area contributed by atoms with Gasteiger partial charge in [0.25, 0.3) is 5.91 Å². The molecule has 4 aromatic rings. The summed E-state index contributed by atoms with van der Waals surface area (Å²) in [7, 11) is 0. The minimum atomic E-state index is -1.19. The van der Waals surface area contributed by atoms with Crippen molar-refractivity contribution in [3.8, 4) is 0 Å². The Labute approximate surface area is 191 Å². The Kier molecular flexibility index (Phi) is 5.38. The second kappa shape index (κ2) is 8.24. The molecular weight excluding hydrogens is 420 g/mol. The molecule has 1 amide bonds. The lowest BCUT2D eigenvalue weighted by atomic mass is 9.87. The van der Waals surface area contributed by atoms with Crippen molar-refractivity contribution in [1.82, 2.24) is 24.1 Å². The highest BCUT2D eigenvalue weighted by Gasteiger charge is 2.26. The predicted octanol–water partition coefficient (Wildman–Crippen LogP) is 3.28. The molecule has 5 rings (SSSR count). The smallest absolute Gasteiger partial charge is 0.278 e. The van der Waals surface area contributed by atoms with Crippen LogP contribution in [0.2, 0.25) is 0 Å². The fourth-order valence-corrected chi connectivity index (χ4v) is 4.66. The zero-order valence-corrected chi connectivity index (χ0v) is 18.8. The van der Waals surface area contributed by atoms with Crippen molar-refractivity contribution in [3.63, 3.8) is 0 Å². The average molecular weight is 449 g/mol. The van der Waals surface area contributed by atoms with E-state index in [0.717, 1.165) is 36.6 Å². The number of fused-ring (bicyclic) bond motifs is 2. The Morgan fingerprint density at radius 1 is 1.21 bits per heavy atom. The number of hydrogen-bond donors (Lipinski definition) is 3. The number of hydrogen-bond acceptors (Lipinski definition) is 6. The normalized spacial score (nSPS) is 19.3. The maximum atomic E-state index is 13.1. The van der Waals surface area contributed by atoms with Crippen LogP contribution < -0.4 is 5.32 Å². The molecule has 0 saturated heterocycles. The van der Waals surface area contributed by atoms with Crippen LogP contribution in [0, 0.1) is 5.92 Å². The molecule has 1 aromatic carbocycles. The summed E-state index contributed by atoms with van der Waals surface area (Å²) in [6.07, 6.45) is 10.9. The summed E-state index contributed by atoms with van der Waals surface area (Å²) in [4.78, 5) is 21.5. The van der Waals surface area contributed by atoms with Crippen molar-refractivity contribution < 1.29 is 15.0 Å². The highest BCUT2D eigenvalue weighted by atomic mass is 16.3. The summed E-state index contributed by atoms with van der Waals surface area (Å²) in [5, 5.41) is 28.8. The maximum Gasteiger partial charge on any atom is 0.278 e. The molecule has 1 aliphatic carbocycles. The van der Waals surface area contributed by atoms with Gasteiger partial charge in [-0.2, -0.15) is 5.10 Å². The minimum Gasteiger partial charge on any atom is -0.396 e. The van der Waals surface area contributed by atoms with Crippen molar-refractivity contribution >= 4 is 28.1 Å². The Hall–Kier alpha value is -3.30. The number of carbonyl (C=O) groups excluding carboxylic acids is 1. The summed E-state index contributed by atoms with van der Waals surface area (Å²) in [5.41, 5.74) is 1.35. The van der Waals surface area contributed by atoms with Crippen LogP contribution in [0.4, 0.5) is 5.69 Å². The largest absolute Gasteiger partial charge is 0.396 e. The van der Waals surface area contributed by atoms with Gasteiger partial charge in [-0.1, -0.05) is 0 Å². The number of anilines is 1. The summed E-state index contributed by atoms with van der Waals surface area (Å²) in [6, 6.07) is 5.75. The van der Waals surface area contributed by atoms with Crippen LogP contribution in [-0.2, 0) is 5.60 Å². The first-order valence-electron chi connectivity index (χ1n) is 11.3. The van der Waals surface area contributed by atoms with E-state index in [1.54, 1.807) is 43.0 Å². The van der Waals surface area contributed by atoms with Crippen LogP contribution in [0.3, 0.4) is 0 Å². The zero-order chi connectivity index (χ0) is 23.2. The van der Waals surface area contributed by atoms with Gasteiger partial charge in [-0.15, -0.1) is 0 Å². The van der Waals surface area contributed by atoms with E-state index in [1.165, 1.54) is 0 Å². The summed E-state index contributed by atoms with van der Waals surface area (Å²) in [5.74, 6) is -0.0147. The first-order valence-corrected chi connectivity index (χ1v) is 11.3. The molecule has 0 radical (unpaired) electrons. The van der Waals surface area contributed by atoms with Gasteiger partial charge < -0.3 is 15.5 Å². The number of aliphatic hydroxyl groups is 2. The Morgan fingerprint density at radius 2 is 2.00 bits per heavy atom. The maximum absolute atomic E-state index is 13.1. The molecule has 1 saturated carbocycles. The summed E-state index contributed by atoms with van der Waals surface area (Å²) >= 11 is 0. The van der Waals surface area contributed by atoms with Crippen molar-refractivity contribution in [2.75, 3.05) is 11.9 Å². The number of rotatable bonds is 5. The molecule has 1 aliphatic rings. The van der Waals surface area contributed by atoms with E-state index in [0.29, 0.717) is 22.8 Å². The number of nitrogens with one attached hydrogen (secondary N) is 1. The lowest BCUT2D eigenvalue weighted by molar-refractivity contribution is 0.0794. The highest BCUT2D eigenvalue weighted by Crippen LogP contribution is 2.35. The Morgan fingerprint density at radius 3 is 2.73 bits per heavy atom. The van der Waals surface area contributed by atoms with E-state index in [2.05, 4.69) is 15.3 Å². The van der Waals surface area contributed by atoms with Crippen LogP contribution in [0.5, 0.6) is 0 Å². The first kappa shape index (κ1) is 21.5. The second-order valence-electron chi connectivity index (χ2n) is 9.38. The van der Waals surface area contributed by atoms with Crippen LogP contribution in [-0.4, -0.2) is 46.9 Å². The molecule has 0 unspecified atom stereocenters. The topological polar surface area (TPSA) is 118 Å². The molecule has 0 spiro atoms. The molecule has 3 aromatic heterocycles. The monoisotopic (exact) mass is 448 g/mol. The van der Waals surface area contributed by atoms with Gasteiger partial charge in [-0.3, -0.25) is 13.9 Å². The third-order valence-electron chi connectivity index (χ3n) is 6.53. The van der Waals surface area contributed by atoms with Gasteiger partial charge in [0.15, 0.2) is 11.3 Å². The summed E-state index contributed by atoms with van der Waals surface area (Å²) < 4.78 is 3.68.